The summed E-state index contributed by atoms with van der Waals surface area (Å²) < 4.78 is 1.71. The van der Waals surface area contributed by atoms with Crippen molar-refractivity contribution in [2.24, 2.45) is 0 Å². The van der Waals surface area contributed by atoms with Gasteiger partial charge in [-0.25, -0.2) is 4.68 Å². The lowest BCUT2D eigenvalue weighted by Crippen LogP contribution is -2.12. The second kappa shape index (κ2) is 7.77. The first-order valence-electron chi connectivity index (χ1n) is 8.51. The molecule has 2 aromatic carbocycles. The Labute approximate surface area is 156 Å². The van der Waals surface area contributed by atoms with E-state index in [1.807, 2.05) is 19.9 Å². The van der Waals surface area contributed by atoms with E-state index in [2.05, 4.69) is 26.2 Å². The van der Waals surface area contributed by atoms with Gasteiger partial charge in [0.15, 0.2) is 5.82 Å². The number of benzene rings is 2. The van der Waals surface area contributed by atoms with E-state index in [0.717, 1.165) is 5.56 Å². The van der Waals surface area contributed by atoms with Crippen LogP contribution in [0.2, 0.25) is 0 Å². The van der Waals surface area contributed by atoms with Crippen molar-refractivity contribution in [2.75, 3.05) is 10.6 Å². The highest BCUT2D eigenvalue weighted by Gasteiger charge is 2.14. The predicted octanol–water partition coefficient (Wildman–Crippen LogP) is 3.13. The Morgan fingerprint density at radius 1 is 1.00 bits per heavy atom. The van der Waals surface area contributed by atoms with E-state index in [4.69, 9.17) is 0 Å². The van der Waals surface area contributed by atoms with E-state index in [0.29, 0.717) is 22.8 Å². The fraction of sp³-hybridized carbons (Fsp3) is 0.211. The highest BCUT2D eigenvalue weighted by atomic mass is 16.2. The topological polar surface area (TPSA) is 102 Å². The van der Waals surface area contributed by atoms with Gasteiger partial charge in [-0.2, -0.15) is 0 Å². The zero-order chi connectivity index (χ0) is 19.4. The number of hydrogen-bond acceptors (Lipinski definition) is 5. The molecule has 0 fully saturated rings. The Bertz CT molecular complexity index is 962. The molecule has 1 aromatic heterocycles. The number of rotatable bonds is 5. The van der Waals surface area contributed by atoms with Crippen LogP contribution in [0.4, 0.5) is 11.4 Å². The van der Waals surface area contributed by atoms with Crippen LogP contribution in [0.3, 0.4) is 0 Å². The predicted molar refractivity (Wildman–Crippen MR) is 102 cm³/mol. The molecule has 0 saturated carbocycles. The fourth-order valence-corrected chi connectivity index (χ4v) is 2.57. The van der Waals surface area contributed by atoms with Gasteiger partial charge in [0.1, 0.15) is 0 Å². The number of amides is 2. The molecule has 0 unspecified atom stereocenters. The molecule has 0 aliphatic heterocycles. The molecule has 3 rings (SSSR count). The number of tetrazole rings is 1. The van der Waals surface area contributed by atoms with E-state index < -0.39 is 0 Å². The number of aromatic nitrogens is 4. The highest BCUT2D eigenvalue weighted by molar-refractivity contribution is 6.05. The van der Waals surface area contributed by atoms with Gasteiger partial charge in [0.05, 0.1) is 6.04 Å². The average molecular weight is 364 g/mol. The quantitative estimate of drug-likeness (QED) is 0.724. The second-order valence-corrected chi connectivity index (χ2v) is 6.33. The summed E-state index contributed by atoms with van der Waals surface area (Å²) in [6, 6.07) is 14.2. The summed E-state index contributed by atoms with van der Waals surface area (Å²) in [4.78, 5) is 23.6. The van der Waals surface area contributed by atoms with Crippen LogP contribution in [-0.2, 0) is 4.79 Å². The number of anilines is 2. The minimum Gasteiger partial charge on any atom is -0.326 e. The minimum absolute atomic E-state index is 0.106. The molecule has 0 spiro atoms. The zero-order valence-electron chi connectivity index (χ0n) is 15.3. The normalized spacial score (nSPS) is 10.7. The molecule has 0 aliphatic carbocycles. The molecule has 2 N–H and O–H groups in total. The van der Waals surface area contributed by atoms with Gasteiger partial charge in [-0.3, -0.25) is 9.59 Å². The molecule has 2 amide bonds. The lowest BCUT2D eigenvalue weighted by atomic mass is 10.1. The number of carbonyl (C=O) groups excluding carboxylic acids is 2. The average Bonchev–Trinajstić information content (AvgIpc) is 3.13. The van der Waals surface area contributed by atoms with Crippen molar-refractivity contribution >= 4 is 23.2 Å². The summed E-state index contributed by atoms with van der Waals surface area (Å²) in [5, 5.41) is 17.3. The van der Waals surface area contributed by atoms with Crippen LogP contribution in [0.25, 0.3) is 11.4 Å². The maximum absolute atomic E-state index is 12.6. The summed E-state index contributed by atoms with van der Waals surface area (Å²) in [5.74, 6) is 0.222. The Balaban J connectivity index is 1.77. The summed E-state index contributed by atoms with van der Waals surface area (Å²) in [6.07, 6.45) is 0. The standard InChI is InChI=1S/C19H20N6O2/c1-12(2)25-18(22-23-24-25)14-5-4-6-15(11-14)19(27)21-17-9-7-16(8-10-17)20-13(3)26/h4-12H,1-3H3,(H,20,26)(H,21,27). The molecule has 138 valence electrons. The number of carbonyl (C=O) groups is 2. The molecule has 1 heterocycles. The van der Waals surface area contributed by atoms with Crippen molar-refractivity contribution in [3.63, 3.8) is 0 Å². The van der Waals surface area contributed by atoms with Gasteiger partial charge in [0.25, 0.3) is 5.91 Å². The van der Waals surface area contributed by atoms with Crippen LogP contribution >= 0.6 is 0 Å². The van der Waals surface area contributed by atoms with Crippen molar-refractivity contribution in [3.8, 4) is 11.4 Å². The van der Waals surface area contributed by atoms with Crippen LogP contribution in [0.1, 0.15) is 37.2 Å². The molecule has 0 radical (unpaired) electrons. The van der Waals surface area contributed by atoms with Gasteiger partial charge in [0, 0.05) is 29.4 Å². The van der Waals surface area contributed by atoms with Gasteiger partial charge in [-0.1, -0.05) is 12.1 Å². The van der Waals surface area contributed by atoms with Gasteiger partial charge < -0.3 is 10.6 Å². The first-order chi connectivity index (χ1) is 12.9. The zero-order valence-corrected chi connectivity index (χ0v) is 15.3. The fourth-order valence-electron chi connectivity index (χ4n) is 2.57. The van der Waals surface area contributed by atoms with Crippen LogP contribution in [0, 0.1) is 0 Å². The summed E-state index contributed by atoms with van der Waals surface area (Å²) in [7, 11) is 0. The Morgan fingerprint density at radius 2 is 1.67 bits per heavy atom. The van der Waals surface area contributed by atoms with Crippen LogP contribution in [0.5, 0.6) is 0 Å². The summed E-state index contributed by atoms with van der Waals surface area (Å²) in [5.41, 5.74) is 2.56. The van der Waals surface area contributed by atoms with Crippen LogP contribution in [0.15, 0.2) is 48.5 Å². The summed E-state index contributed by atoms with van der Waals surface area (Å²) in [6.45, 7) is 5.42. The lowest BCUT2D eigenvalue weighted by molar-refractivity contribution is -0.114. The number of nitrogens with zero attached hydrogens (tertiary/aromatic N) is 4. The highest BCUT2D eigenvalue weighted by Crippen LogP contribution is 2.21. The molecule has 27 heavy (non-hydrogen) atoms. The molecule has 0 aliphatic rings. The Morgan fingerprint density at radius 3 is 2.30 bits per heavy atom. The van der Waals surface area contributed by atoms with E-state index in [1.54, 1.807) is 47.1 Å². The molecule has 0 bridgehead atoms. The maximum atomic E-state index is 12.6. The Hall–Kier alpha value is -3.55. The molecule has 8 heteroatoms. The second-order valence-electron chi connectivity index (χ2n) is 6.33. The first-order valence-corrected chi connectivity index (χ1v) is 8.51. The lowest BCUT2D eigenvalue weighted by Gasteiger charge is -2.10. The van der Waals surface area contributed by atoms with E-state index in [-0.39, 0.29) is 17.9 Å². The third-order valence-electron chi connectivity index (χ3n) is 3.83. The third-order valence-corrected chi connectivity index (χ3v) is 3.83. The van der Waals surface area contributed by atoms with Crippen molar-refractivity contribution in [2.45, 2.75) is 26.8 Å². The molecule has 8 nitrogen and oxygen atoms in total. The van der Waals surface area contributed by atoms with Crippen molar-refractivity contribution in [1.29, 1.82) is 0 Å². The number of nitrogens with one attached hydrogen (secondary N) is 2. The Kier molecular flexibility index (Phi) is 5.25. The third kappa shape index (κ3) is 4.35. The SMILES string of the molecule is CC(=O)Nc1ccc(NC(=O)c2cccc(-c3nnnn3C(C)C)c2)cc1. The molecule has 3 aromatic rings. The van der Waals surface area contributed by atoms with Crippen LogP contribution in [-0.4, -0.2) is 32.0 Å². The van der Waals surface area contributed by atoms with Gasteiger partial charge in [-0.15, -0.1) is 5.10 Å². The van der Waals surface area contributed by atoms with Crippen molar-refractivity contribution in [3.05, 3.63) is 54.1 Å². The maximum Gasteiger partial charge on any atom is 0.255 e. The molecular formula is C19H20N6O2. The molecule has 0 saturated heterocycles. The van der Waals surface area contributed by atoms with Crippen molar-refractivity contribution < 1.29 is 9.59 Å². The number of hydrogen-bond donors (Lipinski definition) is 2. The van der Waals surface area contributed by atoms with Crippen molar-refractivity contribution in [1.82, 2.24) is 20.2 Å². The van der Waals surface area contributed by atoms with Gasteiger partial charge >= 0.3 is 0 Å². The largest absolute Gasteiger partial charge is 0.326 e. The first kappa shape index (κ1) is 18.2. The van der Waals surface area contributed by atoms with E-state index in [1.165, 1.54) is 6.92 Å². The van der Waals surface area contributed by atoms with Gasteiger partial charge in [0.2, 0.25) is 5.91 Å². The van der Waals surface area contributed by atoms with Crippen LogP contribution < -0.4 is 10.6 Å². The van der Waals surface area contributed by atoms with Gasteiger partial charge in [-0.05, 0) is 60.7 Å². The molecule has 0 atom stereocenters. The van der Waals surface area contributed by atoms with E-state index in [9.17, 15) is 9.59 Å². The minimum atomic E-state index is -0.243. The molecular weight excluding hydrogens is 344 g/mol. The summed E-state index contributed by atoms with van der Waals surface area (Å²) >= 11 is 0. The monoisotopic (exact) mass is 364 g/mol. The van der Waals surface area contributed by atoms with E-state index >= 15 is 0 Å². The smallest absolute Gasteiger partial charge is 0.255 e.